The monoisotopic (exact) mass is 723 g/mol. The van der Waals surface area contributed by atoms with Crippen molar-refractivity contribution in [3.63, 3.8) is 0 Å². The molecule has 1 amide bonds. The van der Waals surface area contributed by atoms with Crippen molar-refractivity contribution in [2.45, 2.75) is 42.7 Å². The van der Waals surface area contributed by atoms with Crippen molar-refractivity contribution in [1.82, 2.24) is 13.9 Å². The zero-order valence-electron chi connectivity index (χ0n) is 25.4. The van der Waals surface area contributed by atoms with Gasteiger partial charge in [-0.3, -0.25) is 9.12 Å². The molecule has 0 saturated heterocycles. The van der Waals surface area contributed by atoms with E-state index in [-0.39, 0.29) is 28.3 Å². The minimum Gasteiger partial charge on any atom is -0.464 e. The van der Waals surface area contributed by atoms with Crippen LogP contribution in [0, 0.1) is 6.92 Å². The topological polar surface area (TPSA) is 147 Å². The van der Waals surface area contributed by atoms with Gasteiger partial charge < -0.3 is 5.11 Å². The van der Waals surface area contributed by atoms with Crippen molar-refractivity contribution in [2.75, 3.05) is 6.54 Å². The van der Waals surface area contributed by atoms with Crippen LogP contribution in [0.1, 0.15) is 29.4 Å². The lowest BCUT2D eigenvalue weighted by atomic mass is 10.1. The first-order chi connectivity index (χ1) is 22.4. The second-order valence-corrected chi connectivity index (χ2v) is 14.1. The van der Waals surface area contributed by atoms with Crippen LogP contribution >= 0.6 is 11.6 Å². The molecule has 48 heavy (non-hydrogen) atoms. The Morgan fingerprint density at radius 2 is 1.52 bits per heavy atom. The summed E-state index contributed by atoms with van der Waals surface area (Å²) < 4.78 is 97.0. The molecule has 0 bridgehead atoms. The van der Waals surface area contributed by atoms with Gasteiger partial charge in [-0.2, -0.15) is 21.6 Å². The summed E-state index contributed by atoms with van der Waals surface area (Å²) in [7, 11) is -8.26. The lowest BCUT2D eigenvalue weighted by Crippen LogP contribution is -2.37. The predicted octanol–water partition coefficient (Wildman–Crippen LogP) is 7.41. The summed E-state index contributed by atoms with van der Waals surface area (Å²) in [5.74, 6) is 0.532. The molecular weight excluding hydrogens is 695 g/mol. The van der Waals surface area contributed by atoms with Crippen LogP contribution in [-0.4, -0.2) is 53.0 Å². The number of sulfonamides is 1. The Bertz CT molecular complexity index is 2140. The Morgan fingerprint density at radius 1 is 0.917 bits per heavy atom. The Balaban J connectivity index is 0.000000445. The number of aromatic nitrogens is 2. The number of imidazole rings is 1. The summed E-state index contributed by atoms with van der Waals surface area (Å²) in [6.45, 7) is 3.32. The quantitative estimate of drug-likeness (QED) is 0.157. The van der Waals surface area contributed by atoms with Crippen molar-refractivity contribution in [2.24, 2.45) is 0 Å². The molecular formula is C32H29ClF3N3O7S2. The lowest BCUT2D eigenvalue weighted by Gasteiger charge is -2.19. The Hall–Kier alpha value is -4.44. The van der Waals surface area contributed by atoms with Gasteiger partial charge in [0, 0.05) is 18.7 Å². The Morgan fingerprint density at radius 3 is 2.02 bits per heavy atom. The highest BCUT2D eigenvalue weighted by Gasteiger charge is 2.34. The van der Waals surface area contributed by atoms with Crippen LogP contribution in [0.15, 0.2) is 101 Å². The number of alkyl halides is 3. The van der Waals surface area contributed by atoms with Crippen LogP contribution in [0.25, 0.3) is 16.7 Å². The number of hydrogen-bond donors (Lipinski definition) is 2. The molecule has 5 aromatic rings. The standard InChI is InChI=1S/C26H23ClF3N3O4S.C6H6O3S/c1-3-24-31-22-14-20(26(28,29)30)21(27)15-23(22)33(24)18-8-6-17(7-9-18)12-13-32(25(34)35)38(36,37)19-10-4-16(2)5-11-19;7-10(8,9)6-4-2-1-3-5-6/h4-11,14-15H,3,12-13H2,1-2H3,(H,34,35);1-5H,(H,7,8,9). The Labute approximate surface area is 279 Å². The van der Waals surface area contributed by atoms with Crippen LogP contribution in [0.2, 0.25) is 5.02 Å². The fraction of sp³-hybridized carbons (Fsp3) is 0.188. The summed E-state index contributed by atoms with van der Waals surface area (Å²) in [4.78, 5) is 15.9. The third kappa shape index (κ3) is 8.34. The number of fused-ring (bicyclic) bond motifs is 1. The molecule has 2 N–H and O–H groups in total. The van der Waals surface area contributed by atoms with Crippen molar-refractivity contribution < 1.29 is 44.5 Å². The van der Waals surface area contributed by atoms with Gasteiger partial charge >= 0.3 is 12.3 Å². The largest absolute Gasteiger partial charge is 0.464 e. The number of nitrogens with zero attached hydrogens (tertiary/aromatic N) is 3. The van der Waals surface area contributed by atoms with E-state index in [1.807, 2.05) is 6.92 Å². The maximum absolute atomic E-state index is 13.3. The molecule has 1 aromatic heterocycles. The highest BCUT2D eigenvalue weighted by molar-refractivity contribution is 7.89. The zero-order valence-corrected chi connectivity index (χ0v) is 27.8. The second kappa shape index (κ2) is 14.4. The average Bonchev–Trinajstić information content (AvgIpc) is 3.38. The lowest BCUT2D eigenvalue weighted by molar-refractivity contribution is -0.137. The van der Waals surface area contributed by atoms with Gasteiger partial charge in [-0.05, 0) is 67.4 Å². The van der Waals surface area contributed by atoms with E-state index in [0.717, 1.165) is 11.6 Å². The van der Waals surface area contributed by atoms with E-state index in [4.69, 9.17) is 16.2 Å². The maximum Gasteiger partial charge on any atom is 0.421 e. The molecule has 16 heteroatoms. The maximum atomic E-state index is 13.3. The smallest absolute Gasteiger partial charge is 0.421 e. The van der Waals surface area contributed by atoms with Crippen LogP contribution < -0.4 is 0 Å². The van der Waals surface area contributed by atoms with Gasteiger partial charge in [-0.15, -0.1) is 0 Å². The summed E-state index contributed by atoms with van der Waals surface area (Å²) in [6, 6.07) is 22.3. The molecule has 0 aliphatic rings. The molecule has 1 heterocycles. The average molecular weight is 724 g/mol. The van der Waals surface area contributed by atoms with Crippen LogP contribution in [0.5, 0.6) is 0 Å². The normalized spacial score (nSPS) is 12.0. The first-order valence-electron chi connectivity index (χ1n) is 14.2. The van der Waals surface area contributed by atoms with Gasteiger partial charge in [0.1, 0.15) is 5.82 Å². The van der Waals surface area contributed by atoms with E-state index >= 15 is 0 Å². The van der Waals surface area contributed by atoms with Gasteiger partial charge in [0.25, 0.3) is 20.1 Å². The molecule has 10 nitrogen and oxygen atoms in total. The third-order valence-electron chi connectivity index (χ3n) is 7.10. The van der Waals surface area contributed by atoms with Gasteiger partial charge in [0.15, 0.2) is 0 Å². The molecule has 0 unspecified atom stereocenters. The van der Waals surface area contributed by atoms with E-state index in [1.54, 1.807) is 66.1 Å². The van der Waals surface area contributed by atoms with Crippen molar-refractivity contribution in [3.05, 3.63) is 119 Å². The van der Waals surface area contributed by atoms with Crippen molar-refractivity contribution >= 4 is 48.9 Å². The number of aryl methyl sites for hydroxylation is 2. The number of hydrogen-bond acceptors (Lipinski definition) is 6. The number of carbonyl (C=O) groups is 1. The van der Waals surface area contributed by atoms with E-state index in [2.05, 4.69) is 4.98 Å². The molecule has 4 aromatic carbocycles. The summed E-state index contributed by atoms with van der Waals surface area (Å²) in [6.07, 6.45) is -5.64. The molecule has 0 fully saturated rings. The number of benzene rings is 4. The molecule has 0 radical (unpaired) electrons. The molecule has 0 atom stereocenters. The fourth-order valence-corrected chi connectivity index (χ4v) is 6.72. The van der Waals surface area contributed by atoms with Crippen molar-refractivity contribution in [3.8, 4) is 5.69 Å². The van der Waals surface area contributed by atoms with Gasteiger partial charge in [0.05, 0.1) is 31.4 Å². The molecule has 0 saturated carbocycles. The summed E-state index contributed by atoms with van der Waals surface area (Å²) in [5.41, 5.74) is 1.73. The first kappa shape index (κ1) is 36.4. The molecule has 0 aliphatic carbocycles. The molecule has 0 spiro atoms. The first-order valence-corrected chi connectivity index (χ1v) is 17.4. The van der Waals surface area contributed by atoms with Gasteiger partial charge in [-0.25, -0.2) is 22.5 Å². The number of halogens is 4. The second-order valence-electron chi connectivity index (χ2n) is 10.4. The van der Waals surface area contributed by atoms with E-state index in [0.29, 0.717) is 33.3 Å². The third-order valence-corrected chi connectivity index (χ3v) is 10.1. The summed E-state index contributed by atoms with van der Waals surface area (Å²) in [5, 5.41) is 9.14. The fourth-order valence-electron chi connectivity index (χ4n) is 4.68. The number of rotatable bonds is 8. The van der Waals surface area contributed by atoms with E-state index in [1.165, 1.54) is 30.3 Å². The summed E-state index contributed by atoms with van der Waals surface area (Å²) >= 11 is 5.95. The Kier molecular flexibility index (Phi) is 10.9. The predicted molar refractivity (Wildman–Crippen MR) is 174 cm³/mol. The molecule has 5 rings (SSSR count). The molecule has 0 aliphatic heterocycles. The minimum atomic E-state index is -4.61. The minimum absolute atomic E-state index is 0.0741. The van der Waals surface area contributed by atoms with Crippen molar-refractivity contribution in [1.29, 1.82) is 0 Å². The van der Waals surface area contributed by atoms with Gasteiger partial charge in [0.2, 0.25) is 0 Å². The highest BCUT2D eigenvalue weighted by Crippen LogP contribution is 2.38. The highest BCUT2D eigenvalue weighted by atomic mass is 35.5. The SMILES string of the molecule is CCc1nc2cc(C(F)(F)F)c(Cl)cc2n1-c1ccc(CCN(C(=O)O)S(=O)(=O)c2ccc(C)cc2)cc1.O=S(=O)(O)c1ccccc1. The van der Waals surface area contributed by atoms with E-state index < -0.39 is 43.0 Å². The van der Waals surface area contributed by atoms with Crippen LogP contribution in [0.3, 0.4) is 0 Å². The number of amides is 1. The van der Waals surface area contributed by atoms with Gasteiger partial charge in [-0.1, -0.05) is 66.6 Å². The zero-order chi connectivity index (χ0) is 35.4. The molecule has 254 valence electrons. The number of carboxylic acid groups (broad SMARTS) is 1. The van der Waals surface area contributed by atoms with Crippen LogP contribution in [-0.2, 0) is 39.2 Å². The van der Waals surface area contributed by atoms with E-state index in [9.17, 15) is 39.9 Å². The van der Waals surface area contributed by atoms with Crippen LogP contribution in [0.4, 0.5) is 18.0 Å².